The molecular formula is C18H26O2. The third kappa shape index (κ3) is 3.29. The Morgan fingerprint density at radius 1 is 1.20 bits per heavy atom. The lowest BCUT2D eigenvalue weighted by Crippen LogP contribution is -2.44. The van der Waals surface area contributed by atoms with E-state index in [0.29, 0.717) is 6.42 Å². The van der Waals surface area contributed by atoms with Crippen molar-refractivity contribution in [1.29, 1.82) is 0 Å². The fraction of sp³-hybridized carbons (Fsp3) is 0.611. The van der Waals surface area contributed by atoms with Gasteiger partial charge in [-0.05, 0) is 49.1 Å². The molecule has 0 saturated heterocycles. The van der Waals surface area contributed by atoms with Crippen LogP contribution in [-0.2, 0) is 22.4 Å². The molecule has 0 unspecified atom stereocenters. The Kier molecular flexibility index (Phi) is 4.98. The number of rotatable bonds is 5. The molecule has 1 aromatic carbocycles. The average molecular weight is 274 g/mol. The van der Waals surface area contributed by atoms with Crippen molar-refractivity contribution in [3.8, 4) is 0 Å². The zero-order chi connectivity index (χ0) is 14.6. The molecule has 1 aromatic rings. The van der Waals surface area contributed by atoms with Gasteiger partial charge in [0.1, 0.15) is 5.60 Å². The molecule has 0 amide bonds. The van der Waals surface area contributed by atoms with Gasteiger partial charge in [0.2, 0.25) is 0 Å². The summed E-state index contributed by atoms with van der Waals surface area (Å²) in [5.41, 5.74) is 1.88. The van der Waals surface area contributed by atoms with Gasteiger partial charge in [0.15, 0.2) is 5.78 Å². The predicted octanol–water partition coefficient (Wildman–Crippen LogP) is 3.96. The molecule has 1 aliphatic carbocycles. The summed E-state index contributed by atoms with van der Waals surface area (Å²) in [5.74, 6) is 0.964. The molecule has 0 bridgehead atoms. The van der Waals surface area contributed by atoms with Crippen molar-refractivity contribution in [2.45, 2.75) is 58.0 Å². The van der Waals surface area contributed by atoms with Crippen molar-refractivity contribution in [2.75, 3.05) is 7.11 Å². The van der Waals surface area contributed by atoms with Crippen LogP contribution in [-0.4, -0.2) is 18.5 Å². The molecule has 2 rings (SSSR count). The highest BCUT2D eigenvalue weighted by molar-refractivity contribution is 5.89. The van der Waals surface area contributed by atoms with Crippen molar-refractivity contribution in [3.63, 3.8) is 0 Å². The van der Waals surface area contributed by atoms with Crippen LogP contribution in [0.5, 0.6) is 0 Å². The first-order valence-electron chi connectivity index (χ1n) is 7.76. The van der Waals surface area contributed by atoms with Crippen LogP contribution >= 0.6 is 0 Å². The van der Waals surface area contributed by atoms with Gasteiger partial charge >= 0.3 is 0 Å². The molecule has 0 aliphatic heterocycles. The van der Waals surface area contributed by atoms with Crippen LogP contribution in [0.1, 0.15) is 50.7 Å². The lowest BCUT2D eigenvalue weighted by atomic mass is 9.76. The quantitative estimate of drug-likeness (QED) is 0.812. The second-order valence-corrected chi connectivity index (χ2v) is 6.15. The molecule has 1 saturated carbocycles. The number of methoxy groups -OCH3 is 1. The second kappa shape index (κ2) is 6.53. The molecule has 20 heavy (non-hydrogen) atoms. The minimum atomic E-state index is -0.532. The molecule has 0 radical (unpaired) electrons. The first kappa shape index (κ1) is 15.2. The number of ketones is 1. The van der Waals surface area contributed by atoms with Crippen LogP contribution in [0.15, 0.2) is 24.3 Å². The summed E-state index contributed by atoms with van der Waals surface area (Å²) in [6.07, 6.45) is 5.45. The van der Waals surface area contributed by atoms with E-state index in [2.05, 4.69) is 38.1 Å². The van der Waals surface area contributed by atoms with Crippen molar-refractivity contribution in [2.24, 2.45) is 5.92 Å². The Bertz CT molecular complexity index is 439. The molecule has 0 spiro atoms. The third-order valence-electron chi connectivity index (χ3n) is 4.78. The third-order valence-corrected chi connectivity index (χ3v) is 4.78. The van der Waals surface area contributed by atoms with Gasteiger partial charge in [-0.25, -0.2) is 0 Å². The van der Waals surface area contributed by atoms with Gasteiger partial charge in [0.25, 0.3) is 0 Å². The van der Waals surface area contributed by atoms with Gasteiger partial charge in [0.05, 0.1) is 0 Å². The summed E-state index contributed by atoms with van der Waals surface area (Å²) in [6, 6.07) is 8.38. The maximum Gasteiger partial charge on any atom is 0.168 e. The van der Waals surface area contributed by atoms with E-state index >= 15 is 0 Å². The Labute approximate surface area is 122 Å². The van der Waals surface area contributed by atoms with Crippen molar-refractivity contribution < 1.29 is 9.53 Å². The maximum atomic E-state index is 12.7. The van der Waals surface area contributed by atoms with Crippen LogP contribution in [0, 0.1) is 5.92 Å². The summed E-state index contributed by atoms with van der Waals surface area (Å²) in [7, 11) is 1.69. The fourth-order valence-electron chi connectivity index (χ4n) is 3.06. The Morgan fingerprint density at radius 3 is 2.25 bits per heavy atom. The normalized spacial score (nSPS) is 26.4. The predicted molar refractivity (Wildman–Crippen MR) is 81.9 cm³/mol. The number of hydrogen-bond donors (Lipinski definition) is 0. The van der Waals surface area contributed by atoms with Gasteiger partial charge in [-0.1, -0.05) is 38.1 Å². The molecule has 2 heteroatoms. The monoisotopic (exact) mass is 274 g/mol. The minimum Gasteiger partial charge on any atom is -0.370 e. The zero-order valence-electron chi connectivity index (χ0n) is 12.9. The number of hydrogen-bond acceptors (Lipinski definition) is 2. The zero-order valence-corrected chi connectivity index (χ0v) is 12.9. The fourth-order valence-corrected chi connectivity index (χ4v) is 3.06. The second-order valence-electron chi connectivity index (χ2n) is 6.15. The minimum absolute atomic E-state index is 0.246. The summed E-state index contributed by atoms with van der Waals surface area (Å²) in [6.45, 7) is 4.40. The highest BCUT2D eigenvalue weighted by Crippen LogP contribution is 2.35. The first-order valence-corrected chi connectivity index (χ1v) is 7.76. The number of Topliss-reactive ketones (excluding diaryl/α,β-unsaturated/α-hetero) is 1. The molecule has 0 heterocycles. The van der Waals surface area contributed by atoms with Crippen molar-refractivity contribution >= 4 is 5.78 Å². The Morgan fingerprint density at radius 2 is 1.75 bits per heavy atom. The number of benzene rings is 1. The highest BCUT2D eigenvalue weighted by atomic mass is 16.5. The van der Waals surface area contributed by atoms with E-state index in [-0.39, 0.29) is 5.78 Å². The summed E-state index contributed by atoms with van der Waals surface area (Å²) in [4.78, 5) is 12.7. The van der Waals surface area contributed by atoms with Gasteiger partial charge in [-0.15, -0.1) is 0 Å². The molecule has 2 nitrogen and oxygen atoms in total. The van der Waals surface area contributed by atoms with Crippen LogP contribution in [0.2, 0.25) is 0 Å². The van der Waals surface area contributed by atoms with Crippen molar-refractivity contribution in [3.05, 3.63) is 35.4 Å². The first-order chi connectivity index (χ1) is 9.59. The molecule has 1 aliphatic rings. The van der Waals surface area contributed by atoms with E-state index in [1.807, 2.05) is 0 Å². The lowest BCUT2D eigenvalue weighted by Gasteiger charge is -2.37. The number of carbonyl (C=O) groups is 1. The van der Waals surface area contributed by atoms with E-state index < -0.39 is 5.60 Å². The van der Waals surface area contributed by atoms with Crippen LogP contribution in [0.3, 0.4) is 0 Å². The van der Waals surface area contributed by atoms with Gasteiger partial charge in [-0.2, -0.15) is 0 Å². The van der Waals surface area contributed by atoms with E-state index in [1.54, 1.807) is 7.11 Å². The Hall–Kier alpha value is -1.15. The number of aryl methyl sites for hydroxylation is 1. The largest absolute Gasteiger partial charge is 0.370 e. The van der Waals surface area contributed by atoms with E-state index in [1.165, 1.54) is 5.56 Å². The maximum absolute atomic E-state index is 12.7. The highest BCUT2D eigenvalue weighted by Gasteiger charge is 2.40. The number of ether oxygens (including phenoxy) is 1. The molecule has 0 atom stereocenters. The number of carbonyl (C=O) groups excluding carboxylic acids is 1. The van der Waals surface area contributed by atoms with Gasteiger partial charge in [0, 0.05) is 13.5 Å². The lowest BCUT2D eigenvalue weighted by molar-refractivity contribution is -0.145. The van der Waals surface area contributed by atoms with E-state index in [9.17, 15) is 4.79 Å². The summed E-state index contributed by atoms with van der Waals surface area (Å²) >= 11 is 0. The molecular weight excluding hydrogens is 248 g/mol. The van der Waals surface area contributed by atoms with Gasteiger partial charge in [-0.3, -0.25) is 4.79 Å². The molecule has 0 N–H and O–H groups in total. The van der Waals surface area contributed by atoms with E-state index in [0.717, 1.165) is 43.6 Å². The Balaban J connectivity index is 2.05. The topological polar surface area (TPSA) is 26.3 Å². The molecule has 0 aromatic heterocycles. The smallest absolute Gasteiger partial charge is 0.168 e. The van der Waals surface area contributed by atoms with Crippen LogP contribution in [0.4, 0.5) is 0 Å². The van der Waals surface area contributed by atoms with E-state index in [4.69, 9.17) is 4.74 Å². The van der Waals surface area contributed by atoms with Crippen LogP contribution < -0.4 is 0 Å². The molecule has 1 fully saturated rings. The SMILES string of the molecule is CCc1ccc(CC(=O)C2(OC)CCC(C)CC2)cc1. The van der Waals surface area contributed by atoms with Crippen molar-refractivity contribution in [1.82, 2.24) is 0 Å². The summed E-state index contributed by atoms with van der Waals surface area (Å²) < 4.78 is 5.66. The average Bonchev–Trinajstić information content (AvgIpc) is 2.49. The molecule has 110 valence electrons. The standard InChI is InChI=1S/C18H26O2/c1-4-15-5-7-16(8-6-15)13-17(19)18(20-3)11-9-14(2)10-12-18/h5-8,14H,4,9-13H2,1-3H3. The van der Waals surface area contributed by atoms with Gasteiger partial charge < -0.3 is 4.74 Å². The van der Waals surface area contributed by atoms with Crippen LogP contribution in [0.25, 0.3) is 0 Å². The summed E-state index contributed by atoms with van der Waals surface area (Å²) in [5, 5.41) is 0.